The lowest BCUT2D eigenvalue weighted by molar-refractivity contribution is -0.0834. The highest BCUT2D eigenvalue weighted by molar-refractivity contribution is 6.00. The second kappa shape index (κ2) is 8.58. The molecule has 34 heavy (non-hydrogen) atoms. The molecule has 2 saturated carbocycles. The van der Waals surface area contributed by atoms with Crippen LogP contribution in [-0.2, 0) is 0 Å². The lowest BCUT2D eigenvalue weighted by atomic mass is 9.53. The van der Waals surface area contributed by atoms with E-state index in [1.54, 1.807) is 30.3 Å². The van der Waals surface area contributed by atoms with Gasteiger partial charge in [-0.05, 0) is 55.4 Å². The first-order valence-corrected chi connectivity index (χ1v) is 11.1. The second-order valence-corrected chi connectivity index (χ2v) is 9.04. The number of nitrogens with zero attached hydrogens (tertiary/aromatic N) is 2. The van der Waals surface area contributed by atoms with E-state index in [4.69, 9.17) is 15.2 Å². The molecule has 8 nitrogen and oxygen atoms in total. The summed E-state index contributed by atoms with van der Waals surface area (Å²) in [7, 11) is 0. The molecular formula is C24H24F2N4O4. The minimum atomic E-state index is -2.57. The maximum absolute atomic E-state index is 12.8. The van der Waals surface area contributed by atoms with Crippen LogP contribution in [0, 0.1) is 5.41 Å². The number of benzene rings is 1. The summed E-state index contributed by atoms with van der Waals surface area (Å²) in [5.41, 5.74) is 6.93. The summed E-state index contributed by atoms with van der Waals surface area (Å²) in [4.78, 5) is 24.3. The highest BCUT2D eigenvalue weighted by Gasteiger charge is 2.54. The van der Waals surface area contributed by atoms with E-state index >= 15 is 0 Å². The summed E-state index contributed by atoms with van der Waals surface area (Å²) in [5, 5.41) is 7.20. The number of alkyl halides is 2. The highest BCUT2D eigenvalue weighted by atomic mass is 19.3. The van der Waals surface area contributed by atoms with Crippen molar-refractivity contribution in [2.24, 2.45) is 11.1 Å². The molecule has 2 amide bonds. The van der Waals surface area contributed by atoms with E-state index in [1.165, 1.54) is 16.9 Å². The number of hydrogen-bond donors (Lipinski definition) is 2. The number of aromatic nitrogens is 2. The van der Waals surface area contributed by atoms with Crippen molar-refractivity contribution in [1.82, 2.24) is 14.9 Å². The first-order chi connectivity index (χ1) is 16.3. The van der Waals surface area contributed by atoms with E-state index in [0.717, 1.165) is 25.7 Å². The van der Waals surface area contributed by atoms with Gasteiger partial charge in [0.1, 0.15) is 18.1 Å². The number of nitrogens with one attached hydrogen (secondary N) is 1. The summed E-state index contributed by atoms with van der Waals surface area (Å²) >= 11 is 0. The van der Waals surface area contributed by atoms with Gasteiger partial charge in [-0.25, -0.2) is 13.3 Å². The number of hydrogen-bond acceptors (Lipinski definition) is 5. The molecule has 2 heterocycles. The fourth-order valence-corrected chi connectivity index (χ4v) is 5.01. The topological polar surface area (TPSA) is 108 Å². The smallest absolute Gasteiger partial charge is 0.272 e. The average molecular weight is 470 g/mol. The molecule has 5 rings (SSSR count). The van der Waals surface area contributed by atoms with Crippen molar-refractivity contribution in [3.63, 3.8) is 0 Å². The first-order valence-electron chi connectivity index (χ1n) is 11.1. The van der Waals surface area contributed by atoms with Crippen molar-refractivity contribution >= 4 is 17.3 Å². The Morgan fingerprint density at radius 2 is 1.91 bits per heavy atom. The zero-order valence-corrected chi connectivity index (χ0v) is 18.2. The van der Waals surface area contributed by atoms with Crippen LogP contribution < -0.4 is 20.5 Å². The van der Waals surface area contributed by atoms with Crippen LogP contribution in [-0.4, -0.2) is 46.6 Å². The molecule has 10 heteroatoms. The molecule has 178 valence electrons. The zero-order chi connectivity index (χ0) is 23.9. The Bertz CT molecular complexity index is 1230. The number of carbonyl (C=O) groups excluding carboxylic acids is 2. The predicted octanol–water partition coefficient (Wildman–Crippen LogP) is 3.20. The van der Waals surface area contributed by atoms with Crippen molar-refractivity contribution in [2.45, 2.75) is 44.3 Å². The molecule has 0 saturated heterocycles. The Morgan fingerprint density at radius 3 is 2.65 bits per heavy atom. The quantitative estimate of drug-likeness (QED) is 0.526. The van der Waals surface area contributed by atoms with Gasteiger partial charge in [0.05, 0.1) is 35.1 Å². The highest BCUT2D eigenvalue weighted by Crippen LogP contribution is 2.57. The van der Waals surface area contributed by atoms with Gasteiger partial charge < -0.3 is 20.5 Å². The third-order valence-corrected chi connectivity index (χ3v) is 6.57. The first kappa shape index (κ1) is 22.1. The number of fused-ring (bicyclic) bond motifs is 1. The molecule has 0 unspecified atom stereocenters. The van der Waals surface area contributed by atoms with E-state index in [1.807, 2.05) is 6.07 Å². The van der Waals surface area contributed by atoms with E-state index in [9.17, 15) is 18.4 Å². The molecule has 0 aliphatic heterocycles. The molecule has 0 radical (unpaired) electrons. The molecule has 2 aromatic heterocycles. The number of carbonyl (C=O) groups is 2. The molecule has 1 spiro atoms. The Hall–Kier alpha value is -3.69. The zero-order valence-electron chi connectivity index (χ0n) is 18.2. The average Bonchev–Trinajstić information content (AvgIpc) is 3.18. The fraction of sp³-hybridized carbons (Fsp3) is 0.375. The van der Waals surface area contributed by atoms with Gasteiger partial charge >= 0.3 is 0 Å². The van der Waals surface area contributed by atoms with Crippen molar-refractivity contribution in [3.05, 3.63) is 59.9 Å². The van der Waals surface area contributed by atoms with Crippen LogP contribution >= 0.6 is 0 Å². The van der Waals surface area contributed by atoms with Crippen LogP contribution in [0.2, 0.25) is 0 Å². The van der Waals surface area contributed by atoms with Gasteiger partial charge in [-0.2, -0.15) is 5.10 Å². The Kier molecular flexibility index (Phi) is 5.59. The van der Waals surface area contributed by atoms with Crippen LogP contribution in [0.3, 0.4) is 0 Å². The fourth-order valence-electron chi connectivity index (χ4n) is 5.01. The molecule has 1 aromatic carbocycles. The van der Waals surface area contributed by atoms with Gasteiger partial charge in [-0.1, -0.05) is 12.1 Å². The van der Waals surface area contributed by atoms with Crippen LogP contribution in [0.1, 0.15) is 46.4 Å². The normalized spacial score (nSPS) is 23.4. The van der Waals surface area contributed by atoms with Crippen LogP contribution in [0.25, 0.3) is 5.52 Å². The van der Waals surface area contributed by atoms with Crippen LogP contribution in [0.15, 0.2) is 48.8 Å². The second-order valence-electron chi connectivity index (χ2n) is 9.04. The minimum absolute atomic E-state index is 0.0262. The van der Waals surface area contributed by atoms with Crippen molar-refractivity contribution in [1.29, 1.82) is 0 Å². The number of ether oxygens (including phenoxy) is 2. The van der Waals surface area contributed by atoms with Gasteiger partial charge in [0.25, 0.3) is 18.2 Å². The standard InChI is InChI=1S/C24H24F2N4O4/c25-21(26)13-33-15-5-6-19-18(11-28-30(19)12-15)23(32)29-14-7-24(8-14)9-16(10-24)34-20-4-2-1-3-17(20)22(27)31/h1-6,11-12,14,16,21H,7-10,13H2,(H2,27,31)(H,29,32). The van der Waals surface area contributed by atoms with Gasteiger partial charge in [-0.3, -0.25) is 9.59 Å². The Morgan fingerprint density at radius 1 is 1.15 bits per heavy atom. The van der Waals surface area contributed by atoms with E-state index < -0.39 is 18.9 Å². The van der Waals surface area contributed by atoms with Crippen LogP contribution in [0.5, 0.6) is 11.5 Å². The number of para-hydroxylation sites is 1. The van der Waals surface area contributed by atoms with E-state index in [0.29, 0.717) is 22.4 Å². The van der Waals surface area contributed by atoms with Gasteiger partial charge in [-0.15, -0.1) is 0 Å². The summed E-state index contributed by atoms with van der Waals surface area (Å²) < 4.78 is 37.1. The molecule has 3 aromatic rings. The third-order valence-electron chi connectivity index (χ3n) is 6.57. The molecule has 2 aliphatic carbocycles. The number of halogens is 2. The number of rotatable bonds is 8. The lowest BCUT2D eigenvalue weighted by Gasteiger charge is -2.57. The van der Waals surface area contributed by atoms with E-state index in [-0.39, 0.29) is 29.2 Å². The number of pyridine rings is 1. The monoisotopic (exact) mass is 470 g/mol. The van der Waals surface area contributed by atoms with Crippen molar-refractivity contribution in [2.75, 3.05) is 6.61 Å². The third kappa shape index (κ3) is 4.27. The Balaban J connectivity index is 1.13. The van der Waals surface area contributed by atoms with Crippen molar-refractivity contribution in [3.8, 4) is 11.5 Å². The molecular weight excluding hydrogens is 446 g/mol. The molecule has 2 fully saturated rings. The van der Waals surface area contributed by atoms with Crippen LogP contribution in [0.4, 0.5) is 8.78 Å². The van der Waals surface area contributed by atoms with Gasteiger partial charge in [0, 0.05) is 6.04 Å². The minimum Gasteiger partial charge on any atom is -0.490 e. The maximum atomic E-state index is 12.8. The van der Waals surface area contributed by atoms with Gasteiger partial charge in [0.2, 0.25) is 0 Å². The largest absolute Gasteiger partial charge is 0.490 e. The van der Waals surface area contributed by atoms with E-state index in [2.05, 4.69) is 10.4 Å². The molecule has 2 aliphatic rings. The number of nitrogens with two attached hydrogens (primary N) is 1. The summed E-state index contributed by atoms with van der Waals surface area (Å²) in [5.74, 6) is 0.0261. The summed E-state index contributed by atoms with van der Waals surface area (Å²) in [6, 6.07) is 10.2. The number of amides is 2. The summed E-state index contributed by atoms with van der Waals surface area (Å²) in [6.45, 7) is -0.701. The Labute approximate surface area is 194 Å². The molecule has 3 N–H and O–H groups in total. The molecule has 0 atom stereocenters. The predicted molar refractivity (Wildman–Crippen MR) is 118 cm³/mol. The van der Waals surface area contributed by atoms with Gasteiger partial charge in [0.15, 0.2) is 0 Å². The SMILES string of the molecule is NC(=O)c1ccccc1OC1CC2(CC(NC(=O)c3cnn4cc(OCC(F)F)ccc34)C2)C1. The summed E-state index contributed by atoms with van der Waals surface area (Å²) in [6.07, 6.45) is 3.84. The maximum Gasteiger partial charge on any atom is 0.272 e. The van der Waals surface area contributed by atoms with Crippen molar-refractivity contribution < 1.29 is 27.8 Å². The number of primary amides is 1. The molecule has 0 bridgehead atoms. The lowest BCUT2D eigenvalue weighted by Crippen LogP contribution is -2.58.